The monoisotopic (exact) mass is 1230 g/mol. The minimum absolute atomic E-state index is 0.105. The highest BCUT2D eigenvalue weighted by Crippen LogP contribution is 2.38. The molecular formula is C56H69F8N15O8. The second kappa shape index (κ2) is 27.2. The van der Waals surface area contributed by atoms with E-state index in [0.717, 1.165) is 0 Å². The fourth-order valence-electron chi connectivity index (χ4n) is 10.4. The van der Waals surface area contributed by atoms with Gasteiger partial charge in [0, 0.05) is 132 Å². The summed E-state index contributed by atoms with van der Waals surface area (Å²) in [6.07, 6.45) is 6.23. The molecule has 0 atom stereocenters. The van der Waals surface area contributed by atoms with E-state index in [2.05, 4.69) is 61.2 Å². The summed E-state index contributed by atoms with van der Waals surface area (Å²) < 4.78 is 133. The Balaban J connectivity index is 0.000000145. The van der Waals surface area contributed by atoms with E-state index in [9.17, 15) is 55.2 Å². The van der Waals surface area contributed by atoms with Crippen molar-refractivity contribution in [2.75, 3.05) is 22.6 Å². The molecule has 23 nitrogen and oxygen atoms in total. The first-order valence-corrected chi connectivity index (χ1v) is 29.2. The van der Waals surface area contributed by atoms with Crippen molar-refractivity contribution in [1.82, 2.24) is 59.2 Å². The quantitative estimate of drug-likeness (QED) is 0.0326. The normalized spacial score (nSPS) is 24.0. The highest BCUT2D eigenvalue weighted by Gasteiger charge is 2.39. The average molecular weight is 1230 g/mol. The molecule has 6 fully saturated rings. The lowest BCUT2D eigenvalue weighted by Gasteiger charge is -2.31. The molecule has 0 unspecified atom stereocenters. The van der Waals surface area contributed by atoms with Gasteiger partial charge >= 0.3 is 5.97 Å². The van der Waals surface area contributed by atoms with E-state index < -0.39 is 36.6 Å². The average Bonchev–Trinajstić information content (AvgIpc) is 3.99. The lowest BCUT2D eigenvalue weighted by atomic mass is 9.92. The number of aromatic nitrogens is 12. The third-order valence-electron chi connectivity index (χ3n) is 15.6. The van der Waals surface area contributed by atoms with Gasteiger partial charge in [-0.3, -0.25) is 0 Å². The van der Waals surface area contributed by atoms with Crippen LogP contribution >= 0.6 is 0 Å². The van der Waals surface area contributed by atoms with Crippen LogP contribution < -0.4 is 30.2 Å². The van der Waals surface area contributed by atoms with E-state index in [1.54, 1.807) is 37.4 Å². The van der Waals surface area contributed by atoms with Crippen molar-refractivity contribution in [3.05, 3.63) is 72.1 Å². The molecule has 0 bridgehead atoms. The van der Waals surface area contributed by atoms with Crippen LogP contribution in [0.15, 0.2) is 55.0 Å². The summed E-state index contributed by atoms with van der Waals surface area (Å²) in [5.74, 6) is -5.67. The summed E-state index contributed by atoms with van der Waals surface area (Å²) in [5.41, 5.74) is 0.821. The number of carbonyl (C=O) groups excluding carboxylic acids is 1. The van der Waals surface area contributed by atoms with Crippen molar-refractivity contribution in [2.45, 2.75) is 208 Å². The number of ether oxygens (including phenoxy) is 4. The van der Waals surface area contributed by atoms with Crippen LogP contribution in [0.25, 0.3) is 17.8 Å². The topological polar surface area (TPSA) is 282 Å². The minimum Gasteiger partial charge on any atom is -0.474 e. The van der Waals surface area contributed by atoms with Crippen molar-refractivity contribution >= 4 is 23.4 Å². The largest absolute Gasteiger partial charge is 0.474 e. The fraction of sp³-hybridized carbons (Fsp3) is 0.607. The lowest BCUT2D eigenvalue weighted by molar-refractivity contribution is -0.0366. The molecule has 6 N–H and O–H groups in total. The number of nitrogens with one attached hydrogen (secondary N) is 3. The Bertz CT molecular complexity index is 3080. The van der Waals surface area contributed by atoms with Crippen LogP contribution in [0, 0.1) is 0 Å². The van der Waals surface area contributed by atoms with E-state index in [-0.39, 0.29) is 141 Å². The van der Waals surface area contributed by atoms with Crippen molar-refractivity contribution in [3.63, 3.8) is 0 Å². The molecule has 6 aliphatic carbocycles. The van der Waals surface area contributed by atoms with Gasteiger partial charge in [-0.05, 0) is 63.6 Å². The molecule has 31 heteroatoms. The zero-order valence-corrected chi connectivity index (χ0v) is 47.5. The molecule has 472 valence electrons. The first kappa shape index (κ1) is 62.5. The number of hydrogen-bond acceptors (Lipinski definition) is 20. The van der Waals surface area contributed by atoms with Crippen LogP contribution in [0.1, 0.15) is 144 Å². The Labute approximate surface area is 494 Å². The molecule has 6 aromatic heterocycles. The number of esters is 1. The Hall–Kier alpha value is -7.54. The molecule has 6 saturated carbocycles. The van der Waals surface area contributed by atoms with Gasteiger partial charge in [0.2, 0.25) is 35.4 Å². The van der Waals surface area contributed by atoms with Gasteiger partial charge in [0.15, 0.2) is 5.69 Å². The Morgan fingerprint density at radius 2 is 0.908 bits per heavy atom. The van der Waals surface area contributed by atoms with E-state index in [4.69, 9.17) is 18.9 Å². The molecule has 12 rings (SSSR count). The molecule has 0 amide bonds. The third-order valence-corrected chi connectivity index (χ3v) is 15.6. The lowest BCUT2D eigenvalue weighted by Crippen LogP contribution is -2.37. The predicted octanol–water partition coefficient (Wildman–Crippen LogP) is 8.78. The molecular weight excluding hydrogens is 1160 g/mol. The molecule has 0 spiro atoms. The van der Waals surface area contributed by atoms with Crippen molar-refractivity contribution in [1.29, 1.82) is 0 Å². The SMILES string of the molecule is CCOC(=O)c1ccn(-c2nc(NC3CCC(F)(F)CC3)cc(OC3CC(O)C3)n2)n1.FCc1ccn(-c2nc(NC3CCC(F)(F)CC3)cc(OC3CC(F)C3)n2)n1.OCc1ccn(-c2nc(NC3CCC(F)(F)CC3)cc(OC3CC(O)C3)n2)n1. The number of carbonyl (C=O) groups is 1. The molecule has 6 heterocycles. The van der Waals surface area contributed by atoms with Crippen molar-refractivity contribution < 1.29 is 74.2 Å². The smallest absolute Gasteiger partial charge is 0.358 e. The highest BCUT2D eigenvalue weighted by atomic mass is 19.3. The summed E-state index contributed by atoms with van der Waals surface area (Å²) >= 11 is 0. The number of anilines is 3. The van der Waals surface area contributed by atoms with Gasteiger partial charge in [-0.1, -0.05) is 0 Å². The minimum atomic E-state index is -2.62. The Morgan fingerprint density at radius 1 is 0.552 bits per heavy atom. The van der Waals surface area contributed by atoms with Gasteiger partial charge in [0.1, 0.15) is 48.6 Å². The number of nitrogens with zero attached hydrogens (tertiary/aromatic N) is 12. The van der Waals surface area contributed by atoms with Crippen LogP contribution in [-0.4, -0.2) is 160 Å². The van der Waals surface area contributed by atoms with Crippen LogP contribution in [0.4, 0.5) is 52.6 Å². The van der Waals surface area contributed by atoms with Crippen LogP contribution in [0.5, 0.6) is 17.6 Å². The number of alkyl halides is 8. The van der Waals surface area contributed by atoms with Crippen LogP contribution in [-0.2, 0) is 18.0 Å². The van der Waals surface area contributed by atoms with Crippen LogP contribution in [0.2, 0.25) is 0 Å². The predicted molar refractivity (Wildman–Crippen MR) is 294 cm³/mol. The van der Waals surface area contributed by atoms with E-state index in [1.165, 1.54) is 38.6 Å². The summed E-state index contributed by atoms with van der Waals surface area (Å²) in [7, 11) is 0. The molecule has 0 aromatic carbocycles. The van der Waals surface area contributed by atoms with Crippen molar-refractivity contribution in [2.24, 2.45) is 0 Å². The van der Waals surface area contributed by atoms with Gasteiger partial charge in [-0.25, -0.2) is 54.0 Å². The Kier molecular flexibility index (Phi) is 19.6. The van der Waals surface area contributed by atoms with E-state index in [1.807, 2.05) is 0 Å². The molecule has 6 aromatic rings. The third kappa shape index (κ3) is 17.4. The number of hydrogen-bond donors (Lipinski definition) is 6. The summed E-state index contributed by atoms with van der Waals surface area (Å²) in [6.45, 7) is 1.01. The van der Waals surface area contributed by atoms with Crippen molar-refractivity contribution in [3.8, 4) is 35.5 Å². The maximum absolute atomic E-state index is 13.5. The van der Waals surface area contributed by atoms with Crippen LogP contribution in [0.3, 0.4) is 0 Å². The number of rotatable bonds is 19. The zero-order valence-electron chi connectivity index (χ0n) is 47.5. The van der Waals surface area contributed by atoms with Gasteiger partial charge in [-0.15, -0.1) is 0 Å². The first-order valence-electron chi connectivity index (χ1n) is 29.2. The second-order valence-electron chi connectivity index (χ2n) is 22.7. The molecule has 87 heavy (non-hydrogen) atoms. The summed E-state index contributed by atoms with van der Waals surface area (Å²) in [6, 6.07) is 9.07. The summed E-state index contributed by atoms with van der Waals surface area (Å²) in [5, 5.41) is 50.1. The number of aliphatic hydroxyl groups is 3. The van der Waals surface area contributed by atoms with Gasteiger partial charge < -0.3 is 50.2 Å². The summed E-state index contributed by atoms with van der Waals surface area (Å²) in [4.78, 5) is 38.1. The highest BCUT2D eigenvalue weighted by molar-refractivity contribution is 5.87. The molecule has 0 saturated heterocycles. The van der Waals surface area contributed by atoms with Gasteiger partial charge in [0.05, 0.1) is 36.8 Å². The zero-order chi connectivity index (χ0) is 61.5. The molecule has 6 aliphatic rings. The Morgan fingerprint density at radius 3 is 1.24 bits per heavy atom. The standard InChI is InChI=1S/C20H25F2N5O4.C18H21F4N5O.C18H23F2N5O3/c1-2-30-18(29)15-5-8-27(26-15)19-24-16(23-12-3-6-20(21,22)7-4-12)11-17(25-19)31-14-9-13(28)10-14;19-10-13-3-6-27(26-13)17-24-15(23-12-1-4-18(21,22)5-2-12)9-16(25-17)28-14-7-11(20)8-14;19-18(20)4-1-11(2-5-18)21-15-9-16(28-14-7-13(27)8-14)23-17(22-15)25-6-3-12(10-26)24-25/h5,8,11-14,28H,2-4,6-7,9-10H2,1H3,(H,23,24,25);3,6,9,11-12,14H,1-2,4-5,7-8,10H2,(H,23,24,25);3,6,9,11,13-14,26-27H,1-2,4-5,7-8,10H2,(H,21,22,23). The number of halogens is 8. The molecule has 0 radical (unpaired) electrons. The first-order chi connectivity index (χ1) is 41.6. The molecule has 0 aliphatic heterocycles. The second-order valence-corrected chi connectivity index (χ2v) is 22.7. The van der Waals surface area contributed by atoms with Gasteiger partial charge in [-0.2, -0.15) is 45.2 Å². The number of aliphatic hydroxyl groups excluding tert-OH is 3. The van der Waals surface area contributed by atoms with E-state index in [0.29, 0.717) is 106 Å². The van der Waals surface area contributed by atoms with Gasteiger partial charge in [0.25, 0.3) is 17.8 Å². The maximum Gasteiger partial charge on any atom is 0.358 e. The van der Waals surface area contributed by atoms with E-state index >= 15 is 0 Å². The maximum atomic E-state index is 13.5. The fourth-order valence-corrected chi connectivity index (χ4v) is 10.4.